The summed E-state index contributed by atoms with van der Waals surface area (Å²) in [5.74, 6) is -0.366. The molecule has 0 radical (unpaired) electrons. The quantitative estimate of drug-likeness (QED) is 0.868. The number of methoxy groups -OCH3 is 1. The van der Waals surface area contributed by atoms with Gasteiger partial charge < -0.3 is 14.7 Å². The maximum absolute atomic E-state index is 12.3. The third-order valence-electron chi connectivity index (χ3n) is 2.62. The molecule has 0 saturated carbocycles. The fraction of sp³-hybridized carbons (Fsp3) is 0.364. The first-order chi connectivity index (χ1) is 8.65. The molecule has 1 aromatic heterocycles. The van der Waals surface area contributed by atoms with Crippen molar-refractivity contribution in [2.45, 2.75) is 6.04 Å². The summed E-state index contributed by atoms with van der Waals surface area (Å²) >= 11 is 1.42. The van der Waals surface area contributed by atoms with Gasteiger partial charge in [0.25, 0.3) is 5.91 Å². The maximum atomic E-state index is 12.3. The van der Waals surface area contributed by atoms with Crippen molar-refractivity contribution in [1.82, 2.24) is 9.88 Å². The number of thioether (sulfide) groups is 1. The SMILES string of the molecule is COc1ncccc1C(=O)N1CSC[C@H]1C(=O)O. The average Bonchev–Trinajstić information content (AvgIpc) is 2.87. The second-order valence-electron chi connectivity index (χ2n) is 3.69. The van der Waals surface area contributed by atoms with E-state index in [9.17, 15) is 9.59 Å². The van der Waals surface area contributed by atoms with E-state index in [1.165, 1.54) is 30.0 Å². The van der Waals surface area contributed by atoms with Gasteiger partial charge in [-0.15, -0.1) is 11.8 Å². The zero-order valence-electron chi connectivity index (χ0n) is 9.70. The number of carboxylic acids is 1. The number of ether oxygens (including phenoxy) is 1. The highest BCUT2D eigenvalue weighted by Crippen LogP contribution is 2.25. The minimum absolute atomic E-state index is 0.212. The largest absolute Gasteiger partial charge is 0.480 e. The Kier molecular flexibility index (Phi) is 3.71. The molecule has 7 heteroatoms. The van der Waals surface area contributed by atoms with E-state index in [4.69, 9.17) is 9.84 Å². The Labute approximate surface area is 108 Å². The molecule has 1 amide bonds. The number of carbonyl (C=O) groups is 2. The molecule has 1 saturated heterocycles. The standard InChI is InChI=1S/C11H12N2O4S/c1-17-9-7(3-2-4-12-9)10(14)13-6-18-5-8(13)11(15)16/h2-4,8H,5-6H2,1H3,(H,15,16)/t8-/m0/s1. The predicted molar refractivity (Wildman–Crippen MR) is 65.7 cm³/mol. The first kappa shape index (κ1) is 12.7. The van der Waals surface area contributed by atoms with E-state index < -0.39 is 12.0 Å². The van der Waals surface area contributed by atoms with Crippen molar-refractivity contribution >= 4 is 23.6 Å². The Morgan fingerprint density at radius 1 is 1.61 bits per heavy atom. The molecule has 0 unspecified atom stereocenters. The molecule has 1 N–H and O–H groups in total. The lowest BCUT2D eigenvalue weighted by Crippen LogP contribution is -2.41. The van der Waals surface area contributed by atoms with E-state index in [-0.39, 0.29) is 17.4 Å². The Morgan fingerprint density at radius 3 is 3.06 bits per heavy atom. The van der Waals surface area contributed by atoms with Crippen molar-refractivity contribution in [3.05, 3.63) is 23.9 Å². The monoisotopic (exact) mass is 268 g/mol. The minimum Gasteiger partial charge on any atom is -0.480 e. The van der Waals surface area contributed by atoms with Crippen molar-refractivity contribution in [2.75, 3.05) is 18.7 Å². The summed E-state index contributed by atoms with van der Waals surface area (Å²) in [4.78, 5) is 28.6. The van der Waals surface area contributed by atoms with Gasteiger partial charge in [0.05, 0.1) is 13.0 Å². The fourth-order valence-electron chi connectivity index (χ4n) is 1.72. The average molecular weight is 268 g/mol. The van der Waals surface area contributed by atoms with Crippen LogP contribution >= 0.6 is 11.8 Å². The van der Waals surface area contributed by atoms with Crippen LogP contribution in [0, 0.1) is 0 Å². The summed E-state index contributed by atoms with van der Waals surface area (Å²) in [5, 5.41) is 9.05. The maximum Gasteiger partial charge on any atom is 0.327 e. The van der Waals surface area contributed by atoms with E-state index in [0.29, 0.717) is 11.6 Å². The fourth-order valence-corrected chi connectivity index (χ4v) is 2.86. The Balaban J connectivity index is 2.28. The van der Waals surface area contributed by atoms with E-state index in [2.05, 4.69) is 4.98 Å². The van der Waals surface area contributed by atoms with Crippen molar-refractivity contribution in [3.63, 3.8) is 0 Å². The number of hydrogen-bond acceptors (Lipinski definition) is 5. The van der Waals surface area contributed by atoms with Crippen LogP contribution in [0.4, 0.5) is 0 Å². The number of carbonyl (C=O) groups excluding carboxylic acids is 1. The molecule has 96 valence electrons. The van der Waals surface area contributed by atoms with Gasteiger partial charge in [0.1, 0.15) is 11.6 Å². The van der Waals surface area contributed by atoms with E-state index in [0.717, 1.165) is 0 Å². The van der Waals surface area contributed by atoms with Crippen LogP contribution in [0.25, 0.3) is 0 Å². The van der Waals surface area contributed by atoms with Crippen LogP contribution in [0.15, 0.2) is 18.3 Å². The van der Waals surface area contributed by atoms with Gasteiger partial charge in [-0.3, -0.25) is 4.79 Å². The molecule has 0 aromatic carbocycles. The Bertz CT molecular complexity index is 480. The Morgan fingerprint density at radius 2 is 2.39 bits per heavy atom. The van der Waals surface area contributed by atoms with Crippen LogP contribution in [0.5, 0.6) is 5.88 Å². The lowest BCUT2D eigenvalue weighted by Gasteiger charge is -2.20. The molecule has 1 fully saturated rings. The molecule has 6 nitrogen and oxygen atoms in total. The number of pyridine rings is 1. The molecule has 1 aliphatic heterocycles. The molecule has 2 heterocycles. The third-order valence-corrected chi connectivity index (χ3v) is 3.64. The first-order valence-corrected chi connectivity index (χ1v) is 6.41. The molecule has 2 rings (SSSR count). The Hall–Kier alpha value is -1.76. The van der Waals surface area contributed by atoms with Crippen LogP contribution in [-0.2, 0) is 4.79 Å². The molecule has 0 bridgehead atoms. The highest BCUT2D eigenvalue weighted by molar-refractivity contribution is 7.99. The topological polar surface area (TPSA) is 79.7 Å². The molecular formula is C11H12N2O4S. The lowest BCUT2D eigenvalue weighted by atomic mass is 10.2. The number of aromatic nitrogens is 1. The summed E-state index contributed by atoms with van der Waals surface area (Å²) in [6, 6.07) is 2.41. The van der Waals surface area contributed by atoms with Gasteiger partial charge >= 0.3 is 5.97 Å². The summed E-state index contributed by atoms with van der Waals surface area (Å²) < 4.78 is 5.01. The smallest absolute Gasteiger partial charge is 0.327 e. The molecule has 0 aliphatic carbocycles. The van der Waals surface area contributed by atoms with E-state index in [1.54, 1.807) is 12.1 Å². The highest BCUT2D eigenvalue weighted by Gasteiger charge is 2.36. The summed E-state index contributed by atoms with van der Waals surface area (Å²) in [7, 11) is 1.42. The number of nitrogens with zero attached hydrogens (tertiary/aromatic N) is 2. The minimum atomic E-state index is -0.990. The van der Waals surface area contributed by atoms with Crippen molar-refractivity contribution < 1.29 is 19.4 Å². The van der Waals surface area contributed by atoms with Gasteiger partial charge in [-0.2, -0.15) is 0 Å². The highest BCUT2D eigenvalue weighted by atomic mass is 32.2. The van der Waals surface area contributed by atoms with E-state index in [1.807, 2.05) is 0 Å². The normalized spacial score (nSPS) is 18.7. The number of carboxylic acid groups (broad SMARTS) is 1. The van der Waals surface area contributed by atoms with Gasteiger partial charge in [-0.05, 0) is 12.1 Å². The van der Waals surface area contributed by atoms with Crippen LogP contribution in [0.1, 0.15) is 10.4 Å². The van der Waals surface area contributed by atoms with Crippen molar-refractivity contribution in [3.8, 4) is 5.88 Å². The summed E-state index contributed by atoms with van der Waals surface area (Å²) in [5.41, 5.74) is 0.286. The van der Waals surface area contributed by atoms with Gasteiger partial charge in [0.2, 0.25) is 5.88 Å². The molecule has 0 spiro atoms. The number of hydrogen-bond donors (Lipinski definition) is 1. The van der Waals surface area contributed by atoms with Crippen molar-refractivity contribution in [2.24, 2.45) is 0 Å². The molecule has 1 atom stereocenters. The summed E-state index contributed by atoms with van der Waals surface area (Å²) in [6.45, 7) is 0. The second kappa shape index (κ2) is 5.26. The van der Waals surface area contributed by atoms with Gasteiger partial charge in [-0.1, -0.05) is 0 Å². The van der Waals surface area contributed by atoms with Crippen LogP contribution < -0.4 is 4.74 Å². The van der Waals surface area contributed by atoms with Gasteiger partial charge in [0, 0.05) is 11.9 Å². The number of amides is 1. The summed E-state index contributed by atoms with van der Waals surface area (Å²) in [6.07, 6.45) is 1.52. The molecule has 1 aromatic rings. The zero-order chi connectivity index (χ0) is 13.1. The molecular weight excluding hydrogens is 256 g/mol. The van der Waals surface area contributed by atoms with E-state index >= 15 is 0 Å². The van der Waals surface area contributed by atoms with Gasteiger partial charge in [-0.25, -0.2) is 9.78 Å². The number of aliphatic carboxylic acids is 1. The molecule has 18 heavy (non-hydrogen) atoms. The first-order valence-electron chi connectivity index (χ1n) is 5.25. The predicted octanol–water partition coefficient (Wildman–Crippen LogP) is 0.690. The third kappa shape index (κ3) is 2.26. The second-order valence-corrected chi connectivity index (χ2v) is 4.69. The zero-order valence-corrected chi connectivity index (χ0v) is 10.5. The van der Waals surface area contributed by atoms with Crippen molar-refractivity contribution in [1.29, 1.82) is 0 Å². The number of rotatable bonds is 3. The van der Waals surface area contributed by atoms with Crippen LogP contribution in [-0.4, -0.2) is 51.6 Å². The van der Waals surface area contributed by atoms with Gasteiger partial charge in [0.15, 0.2) is 0 Å². The van der Waals surface area contributed by atoms with Crippen LogP contribution in [0.2, 0.25) is 0 Å². The molecule has 1 aliphatic rings. The van der Waals surface area contributed by atoms with Crippen LogP contribution in [0.3, 0.4) is 0 Å². The lowest BCUT2D eigenvalue weighted by molar-refractivity contribution is -0.140.